The average molecular weight is 184 g/mol. The van der Waals surface area contributed by atoms with E-state index in [-0.39, 0.29) is 12.0 Å². The van der Waals surface area contributed by atoms with Crippen LogP contribution in [-0.4, -0.2) is 21.4 Å². The molecule has 0 bridgehead atoms. The second kappa shape index (κ2) is 3.11. The summed E-state index contributed by atoms with van der Waals surface area (Å²) >= 11 is 1.64. The van der Waals surface area contributed by atoms with Gasteiger partial charge in [0.05, 0.1) is 6.10 Å². The minimum absolute atomic E-state index is 0.164. The highest BCUT2D eigenvalue weighted by Gasteiger charge is 2.32. The Balaban J connectivity index is 2.12. The first-order valence-electron chi connectivity index (χ1n) is 4.31. The standard InChI is InChI=1S/C8H12N2OS/c1-2-7-9-10-8(12-7)5-3-4-6(5)11/h5-6,11H,2-4H2,1H3. The third-order valence-electron chi connectivity index (χ3n) is 2.34. The molecule has 0 saturated heterocycles. The first-order valence-corrected chi connectivity index (χ1v) is 5.13. The zero-order valence-corrected chi connectivity index (χ0v) is 7.84. The summed E-state index contributed by atoms with van der Waals surface area (Å²) in [5, 5.41) is 19.6. The number of nitrogens with zero attached hydrogens (tertiary/aromatic N) is 2. The Morgan fingerprint density at radius 3 is 2.75 bits per heavy atom. The molecule has 3 nitrogen and oxygen atoms in total. The number of aryl methyl sites for hydroxylation is 1. The molecule has 1 aromatic heterocycles. The smallest absolute Gasteiger partial charge is 0.123 e. The lowest BCUT2D eigenvalue weighted by Gasteiger charge is -2.29. The lowest BCUT2D eigenvalue weighted by atomic mass is 9.83. The Labute approximate surface area is 75.5 Å². The maximum Gasteiger partial charge on any atom is 0.123 e. The van der Waals surface area contributed by atoms with Gasteiger partial charge in [0, 0.05) is 5.92 Å². The topological polar surface area (TPSA) is 46.0 Å². The second-order valence-corrected chi connectivity index (χ2v) is 4.23. The van der Waals surface area contributed by atoms with Crippen molar-refractivity contribution in [2.75, 3.05) is 0 Å². The van der Waals surface area contributed by atoms with E-state index in [1.165, 1.54) is 0 Å². The maximum absolute atomic E-state index is 9.38. The lowest BCUT2D eigenvalue weighted by Crippen LogP contribution is -2.28. The van der Waals surface area contributed by atoms with Gasteiger partial charge in [-0.3, -0.25) is 0 Å². The molecule has 2 atom stereocenters. The van der Waals surface area contributed by atoms with Gasteiger partial charge in [-0.25, -0.2) is 0 Å². The number of hydrogen-bond donors (Lipinski definition) is 1. The summed E-state index contributed by atoms with van der Waals surface area (Å²) in [6, 6.07) is 0. The molecule has 12 heavy (non-hydrogen) atoms. The Kier molecular flexibility index (Phi) is 2.11. The van der Waals surface area contributed by atoms with Gasteiger partial charge >= 0.3 is 0 Å². The first kappa shape index (κ1) is 8.13. The molecule has 1 aliphatic carbocycles. The molecule has 1 heterocycles. The molecule has 1 aromatic rings. The molecule has 1 fully saturated rings. The fourth-order valence-corrected chi connectivity index (χ4v) is 2.31. The molecular formula is C8H12N2OS. The highest BCUT2D eigenvalue weighted by atomic mass is 32.1. The van der Waals surface area contributed by atoms with Gasteiger partial charge in [0.1, 0.15) is 10.0 Å². The van der Waals surface area contributed by atoms with Gasteiger partial charge in [-0.05, 0) is 19.3 Å². The monoisotopic (exact) mass is 184 g/mol. The van der Waals surface area contributed by atoms with Crippen molar-refractivity contribution in [3.8, 4) is 0 Å². The zero-order valence-electron chi connectivity index (χ0n) is 7.03. The number of hydrogen-bond acceptors (Lipinski definition) is 4. The Bertz CT molecular complexity index is 274. The van der Waals surface area contributed by atoms with E-state index in [1.807, 2.05) is 0 Å². The first-order chi connectivity index (χ1) is 5.81. The van der Waals surface area contributed by atoms with Crippen LogP contribution in [0.3, 0.4) is 0 Å². The largest absolute Gasteiger partial charge is 0.392 e. The van der Waals surface area contributed by atoms with Crippen molar-refractivity contribution in [1.29, 1.82) is 0 Å². The van der Waals surface area contributed by atoms with Gasteiger partial charge in [0.25, 0.3) is 0 Å². The number of aliphatic hydroxyl groups excluding tert-OH is 1. The highest BCUT2D eigenvalue weighted by Crippen LogP contribution is 2.37. The van der Waals surface area contributed by atoms with Crippen LogP contribution < -0.4 is 0 Å². The molecule has 66 valence electrons. The highest BCUT2D eigenvalue weighted by molar-refractivity contribution is 7.11. The van der Waals surface area contributed by atoms with Gasteiger partial charge in [-0.15, -0.1) is 21.5 Å². The van der Waals surface area contributed by atoms with Crippen molar-refractivity contribution in [2.45, 2.75) is 38.2 Å². The van der Waals surface area contributed by atoms with E-state index < -0.39 is 0 Å². The van der Waals surface area contributed by atoms with Crippen molar-refractivity contribution in [3.05, 3.63) is 10.0 Å². The fraction of sp³-hybridized carbons (Fsp3) is 0.750. The van der Waals surface area contributed by atoms with Crippen LogP contribution in [0.25, 0.3) is 0 Å². The van der Waals surface area contributed by atoms with Crippen LogP contribution in [0.2, 0.25) is 0 Å². The van der Waals surface area contributed by atoms with Crippen molar-refractivity contribution in [3.63, 3.8) is 0 Å². The third kappa shape index (κ3) is 1.25. The molecule has 1 saturated carbocycles. The van der Waals surface area contributed by atoms with E-state index in [2.05, 4.69) is 17.1 Å². The molecule has 0 spiro atoms. The van der Waals surface area contributed by atoms with Crippen LogP contribution in [0, 0.1) is 0 Å². The molecule has 0 amide bonds. The molecule has 0 aromatic carbocycles. The normalized spacial score (nSPS) is 28.5. The molecular weight excluding hydrogens is 172 g/mol. The van der Waals surface area contributed by atoms with Crippen molar-refractivity contribution < 1.29 is 5.11 Å². The minimum Gasteiger partial charge on any atom is -0.392 e. The minimum atomic E-state index is -0.164. The number of rotatable bonds is 2. The van der Waals surface area contributed by atoms with Crippen LogP contribution in [0.5, 0.6) is 0 Å². The predicted octanol–water partition coefficient (Wildman–Crippen LogP) is 1.34. The molecule has 0 aliphatic heterocycles. The summed E-state index contributed by atoms with van der Waals surface area (Å²) in [5.41, 5.74) is 0. The van der Waals surface area contributed by atoms with Crippen LogP contribution >= 0.6 is 11.3 Å². The second-order valence-electron chi connectivity index (χ2n) is 3.14. The van der Waals surface area contributed by atoms with E-state index in [0.29, 0.717) is 0 Å². The van der Waals surface area contributed by atoms with Gasteiger partial charge in [-0.2, -0.15) is 0 Å². The van der Waals surface area contributed by atoms with Crippen LogP contribution in [0.4, 0.5) is 0 Å². The average Bonchev–Trinajstić information content (AvgIpc) is 2.50. The molecule has 1 aliphatic rings. The number of aliphatic hydroxyl groups is 1. The van der Waals surface area contributed by atoms with E-state index in [0.717, 1.165) is 29.3 Å². The summed E-state index contributed by atoms with van der Waals surface area (Å²) in [6.07, 6.45) is 2.77. The molecule has 4 heteroatoms. The van der Waals surface area contributed by atoms with E-state index >= 15 is 0 Å². The van der Waals surface area contributed by atoms with Gasteiger partial charge in [-0.1, -0.05) is 6.92 Å². The van der Waals surface area contributed by atoms with E-state index in [1.54, 1.807) is 11.3 Å². The van der Waals surface area contributed by atoms with Gasteiger partial charge < -0.3 is 5.11 Å². The Morgan fingerprint density at radius 1 is 1.50 bits per heavy atom. The lowest BCUT2D eigenvalue weighted by molar-refractivity contribution is 0.0657. The fourth-order valence-electron chi connectivity index (χ4n) is 1.33. The van der Waals surface area contributed by atoms with E-state index in [9.17, 15) is 5.11 Å². The number of aromatic nitrogens is 2. The summed E-state index contributed by atoms with van der Waals surface area (Å²) < 4.78 is 0. The van der Waals surface area contributed by atoms with Gasteiger partial charge in [0.15, 0.2) is 0 Å². The summed E-state index contributed by atoms with van der Waals surface area (Å²) in [5.74, 6) is 0.280. The predicted molar refractivity (Wildman–Crippen MR) is 47.3 cm³/mol. The SMILES string of the molecule is CCc1nnc(C2CCC2O)s1. The van der Waals surface area contributed by atoms with Crippen LogP contribution in [0.1, 0.15) is 35.7 Å². The summed E-state index contributed by atoms with van der Waals surface area (Å²) in [7, 11) is 0. The van der Waals surface area contributed by atoms with Crippen molar-refractivity contribution >= 4 is 11.3 Å². The summed E-state index contributed by atoms with van der Waals surface area (Å²) in [6.45, 7) is 2.07. The van der Waals surface area contributed by atoms with Crippen molar-refractivity contribution in [2.24, 2.45) is 0 Å². The molecule has 2 unspecified atom stereocenters. The zero-order chi connectivity index (χ0) is 8.55. The quantitative estimate of drug-likeness (QED) is 0.754. The third-order valence-corrected chi connectivity index (χ3v) is 3.54. The van der Waals surface area contributed by atoms with Crippen molar-refractivity contribution in [1.82, 2.24) is 10.2 Å². The maximum atomic E-state index is 9.38. The van der Waals surface area contributed by atoms with Gasteiger partial charge in [0.2, 0.25) is 0 Å². The van der Waals surface area contributed by atoms with Crippen LogP contribution in [-0.2, 0) is 6.42 Å². The molecule has 1 N–H and O–H groups in total. The Hall–Kier alpha value is -0.480. The summed E-state index contributed by atoms with van der Waals surface area (Å²) in [4.78, 5) is 0. The Morgan fingerprint density at radius 2 is 2.33 bits per heavy atom. The van der Waals surface area contributed by atoms with Crippen LogP contribution in [0.15, 0.2) is 0 Å². The molecule has 0 radical (unpaired) electrons. The van der Waals surface area contributed by atoms with E-state index in [4.69, 9.17) is 0 Å². The molecule has 2 rings (SSSR count).